The molecule has 0 spiro atoms. The number of likely N-dealkylation sites (tertiary alicyclic amines) is 1. The number of amides is 2. The molecule has 0 aromatic carbocycles. The number of hydrogen-bond acceptors (Lipinski definition) is 10. The first-order chi connectivity index (χ1) is 19.4. The second-order valence-corrected chi connectivity index (χ2v) is 12.5. The summed E-state index contributed by atoms with van der Waals surface area (Å²) in [7, 11) is 2.30. The molecule has 14 nitrogen and oxygen atoms in total. The van der Waals surface area contributed by atoms with Crippen molar-refractivity contribution >= 4 is 41.4 Å². The number of Topliss-reactive ketones (excluding diaryl/α,β-unsaturated/α-hetero) is 2. The van der Waals surface area contributed by atoms with Crippen molar-refractivity contribution in [1.29, 1.82) is 0 Å². The van der Waals surface area contributed by atoms with Gasteiger partial charge in [-0.2, -0.15) is 4.79 Å². The number of ether oxygens (including phenoxy) is 4. The van der Waals surface area contributed by atoms with Crippen molar-refractivity contribution in [3.05, 3.63) is 5.53 Å². The number of carbonyl (C=O) groups excluding carboxylic acids is 6. The highest BCUT2D eigenvalue weighted by atomic mass is 16.6. The highest BCUT2D eigenvalue weighted by molar-refractivity contribution is 6.62. The fourth-order valence-corrected chi connectivity index (χ4v) is 4.45. The average Bonchev–Trinajstić information content (AvgIpc) is 3.78. The van der Waals surface area contributed by atoms with E-state index in [1.165, 1.54) is 12.0 Å². The molecule has 1 aliphatic heterocycles. The first kappa shape index (κ1) is 34.4. The molecule has 0 aromatic heterocycles. The number of rotatable bonds is 8. The van der Waals surface area contributed by atoms with Gasteiger partial charge in [0, 0.05) is 24.9 Å². The summed E-state index contributed by atoms with van der Waals surface area (Å²) >= 11 is 0. The summed E-state index contributed by atoms with van der Waals surface area (Å²) in [5, 5.41) is 2.63. The predicted molar refractivity (Wildman–Crippen MR) is 146 cm³/mol. The average molecular weight is 595 g/mol. The van der Waals surface area contributed by atoms with E-state index in [-0.39, 0.29) is 30.6 Å². The molecule has 3 aliphatic rings. The van der Waals surface area contributed by atoms with Gasteiger partial charge in [0.2, 0.25) is 0 Å². The Labute approximate surface area is 245 Å². The maximum absolute atomic E-state index is 12.3. The monoisotopic (exact) mass is 594 g/mol. The maximum atomic E-state index is 12.3. The second kappa shape index (κ2) is 13.9. The van der Waals surface area contributed by atoms with Crippen LogP contribution < -0.4 is 5.32 Å². The molecule has 0 aromatic rings. The standard InChI is InChI=1S/C14H21N3O5.C14H21NO5/c1-14(2,3)22-13(20)16-9(8-5-6-8)7-10(18)11(17-15)12(19)21-4;1-14(2,3)20-13(18)15-9(8-5-6-8)7-10(16)11(15)12(17)19-4/h8-9H,5-7H2,1-4H3,(H,16,20);8-9,11H,5-7H2,1-4H3/t;9-,11?/m.0/s1. The van der Waals surface area contributed by atoms with Crippen LogP contribution in [0.25, 0.3) is 5.53 Å². The SMILES string of the molecule is COC(=O)C(=[N+]=[N-])C(=O)CC(NC(=O)OC(C)(C)C)C1CC1.COC(=O)C1C(=O)C[C@@H](C2CC2)N1C(=O)OC(C)(C)C. The van der Waals surface area contributed by atoms with Crippen molar-refractivity contribution in [3.63, 3.8) is 0 Å². The molecule has 3 fully saturated rings. The van der Waals surface area contributed by atoms with Crippen molar-refractivity contribution in [2.24, 2.45) is 11.8 Å². The molecular weight excluding hydrogens is 552 g/mol. The Hall–Kier alpha value is -3.80. The number of methoxy groups -OCH3 is 2. The quantitative estimate of drug-likeness (QED) is 0.109. The molecule has 2 amide bonds. The number of ketones is 2. The van der Waals surface area contributed by atoms with Crippen LogP contribution >= 0.6 is 0 Å². The number of hydrogen-bond donors (Lipinski definition) is 1. The van der Waals surface area contributed by atoms with Gasteiger partial charge in [-0.15, -0.1) is 0 Å². The molecular formula is C28H42N4O10. The Kier molecular flexibility index (Phi) is 11.4. The third-order valence-electron chi connectivity index (χ3n) is 6.59. The number of carbonyl (C=O) groups is 6. The first-order valence-corrected chi connectivity index (χ1v) is 13.9. The Morgan fingerprint density at radius 1 is 0.952 bits per heavy atom. The lowest BCUT2D eigenvalue weighted by Crippen LogP contribution is -2.49. The summed E-state index contributed by atoms with van der Waals surface area (Å²) in [6.45, 7) is 10.5. The van der Waals surface area contributed by atoms with Crippen LogP contribution in [0.5, 0.6) is 0 Å². The molecule has 2 saturated carbocycles. The second-order valence-electron chi connectivity index (χ2n) is 12.5. The number of nitrogens with zero attached hydrogens (tertiary/aromatic N) is 3. The predicted octanol–water partition coefficient (Wildman–Crippen LogP) is 2.61. The van der Waals surface area contributed by atoms with Gasteiger partial charge in [-0.1, -0.05) is 0 Å². The van der Waals surface area contributed by atoms with Crippen LogP contribution in [0.4, 0.5) is 9.59 Å². The molecule has 1 saturated heterocycles. The highest BCUT2D eigenvalue weighted by Crippen LogP contribution is 2.41. The van der Waals surface area contributed by atoms with Crippen LogP contribution in [0.15, 0.2) is 0 Å². The van der Waals surface area contributed by atoms with Crippen molar-refractivity contribution in [3.8, 4) is 0 Å². The molecule has 3 rings (SSSR count). The molecule has 0 bridgehead atoms. The van der Waals surface area contributed by atoms with E-state index < -0.39 is 58.9 Å². The van der Waals surface area contributed by atoms with Crippen LogP contribution in [-0.2, 0) is 38.1 Å². The van der Waals surface area contributed by atoms with Gasteiger partial charge in [0.1, 0.15) is 11.2 Å². The van der Waals surface area contributed by atoms with Crippen LogP contribution in [-0.4, -0.2) is 94.6 Å². The van der Waals surface area contributed by atoms with E-state index in [9.17, 15) is 28.8 Å². The zero-order valence-corrected chi connectivity index (χ0v) is 25.6. The Bertz CT molecular complexity index is 1120. The topological polar surface area (TPSA) is 191 Å². The summed E-state index contributed by atoms with van der Waals surface area (Å²) in [6.07, 6.45) is 2.52. The minimum Gasteiger partial charge on any atom is -0.467 e. The Balaban J connectivity index is 0.000000294. The molecule has 3 atom stereocenters. The fraction of sp³-hybridized carbons (Fsp3) is 0.750. The summed E-state index contributed by atoms with van der Waals surface area (Å²) in [6, 6.07) is -1.86. The van der Waals surface area contributed by atoms with E-state index >= 15 is 0 Å². The van der Waals surface area contributed by atoms with E-state index in [0.29, 0.717) is 5.92 Å². The molecule has 42 heavy (non-hydrogen) atoms. The van der Waals surface area contributed by atoms with Gasteiger partial charge in [0.15, 0.2) is 11.8 Å². The highest BCUT2D eigenvalue weighted by Gasteiger charge is 2.53. The van der Waals surface area contributed by atoms with E-state index in [2.05, 4.69) is 19.6 Å². The lowest BCUT2D eigenvalue weighted by Gasteiger charge is -2.30. The van der Waals surface area contributed by atoms with Gasteiger partial charge < -0.3 is 29.8 Å². The van der Waals surface area contributed by atoms with Gasteiger partial charge in [0.25, 0.3) is 5.78 Å². The molecule has 0 radical (unpaired) electrons. The summed E-state index contributed by atoms with van der Waals surface area (Å²) < 4.78 is 19.5. The Morgan fingerprint density at radius 2 is 1.52 bits per heavy atom. The molecule has 2 unspecified atom stereocenters. The van der Waals surface area contributed by atoms with Crippen molar-refractivity contribution in [1.82, 2.24) is 10.2 Å². The van der Waals surface area contributed by atoms with E-state index in [0.717, 1.165) is 32.8 Å². The molecule has 1 N–H and O–H groups in total. The number of nitrogens with one attached hydrogen (secondary N) is 1. The van der Waals surface area contributed by atoms with Gasteiger partial charge in [0.05, 0.1) is 14.2 Å². The number of alkyl carbamates (subject to hydrolysis) is 1. The molecule has 14 heteroatoms. The zero-order chi connectivity index (χ0) is 32.0. The van der Waals surface area contributed by atoms with Gasteiger partial charge in [-0.25, -0.2) is 19.2 Å². The van der Waals surface area contributed by atoms with Gasteiger partial charge in [-0.05, 0) is 79.1 Å². The summed E-state index contributed by atoms with van der Waals surface area (Å²) in [4.78, 5) is 75.3. The van der Waals surface area contributed by atoms with E-state index in [1.54, 1.807) is 41.5 Å². The molecule has 2 aliphatic carbocycles. The lowest BCUT2D eigenvalue weighted by molar-refractivity contribution is -0.149. The van der Waals surface area contributed by atoms with Crippen molar-refractivity contribution < 1.29 is 52.5 Å². The minimum atomic E-state index is -1.15. The lowest BCUT2D eigenvalue weighted by atomic mass is 10.0. The number of esters is 2. The zero-order valence-electron chi connectivity index (χ0n) is 25.6. The summed E-state index contributed by atoms with van der Waals surface area (Å²) in [5.41, 5.74) is 6.76. The van der Waals surface area contributed by atoms with Gasteiger partial charge >= 0.3 is 29.8 Å². The van der Waals surface area contributed by atoms with Crippen molar-refractivity contribution in [2.45, 2.75) is 109 Å². The molecule has 1 heterocycles. The first-order valence-electron chi connectivity index (χ1n) is 13.9. The maximum Gasteiger partial charge on any atom is 0.441 e. The van der Waals surface area contributed by atoms with Crippen LogP contribution in [0, 0.1) is 11.8 Å². The summed E-state index contributed by atoms with van der Waals surface area (Å²) in [5.74, 6) is -2.22. The van der Waals surface area contributed by atoms with Crippen LogP contribution in [0.3, 0.4) is 0 Å². The van der Waals surface area contributed by atoms with Crippen LogP contribution in [0.2, 0.25) is 0 Å². The molecule has 234 valence electrons. The third-order valence-corrected chi connectivity index (χ3v) is 6.59. The minimum absolute atomic E-state index is 0.147. The smallest absolute Gasteiger partial charge is 0.441 e. The van der Waals surface area contributed by atoms with Crippen molar-refractivity contribution in [2.75, 3.05) is 14.2 Å². The van der Waals surface area contributed by atoms with E-state index in [1.807, 2.05) is 0 Å². The fourth-order valence-electron chi connectivity index (χ4n) is 4.45. The van der Waals surface area contributed by atoms with Crippen LogP contribution in [0.1, 0.15) is 80.1 Å². The van der Waals surface area contributed by atoms with Gasteiger partial charge in [-0.3, -0.25) is 14.5 Å². The normalized spacial score (nSPS) is 20.7. The van der Waals surface area contributed by atoms with E-state index in [4.69, 9.17) is 15.0 Å². The third kappa shape index (κ3) is 10.2. The largest absolute Gasteiger partial charge is 0.467 e. The Morgan fingerprint density at radius 3 is 1.95 bits per heavy atom.